The quantitative estimate of drug-likeness (QED) is 0.805. The van der Waals surface area contributed by atoms with Crippen molar-refractivity contribution in [3.8, 4) is 11.5 Å². The number of nitrogens with one attached hydrogen (secondary N) is 2. The summed E-state index contributed by atoms with van der Waals surface area (Å²) < 4.78 is 10.4. The maximum absolute atomic E-state index is 11.9. The molecule has 0 spiro atoms. The molecule has 0 saturated heterocycles. The predicted octanol–water partition coefficient (Wildman–Crippen LogP) is 2.42. The van der Waals surface area contributed by atoms with E-state index in [0.29, 0.717) is 11.5 Å². The first kappa shape index (κ1) is 16.1. The third kappa shape index (κ3) is 4.64. The fourth-order valence-electron chi connectivity index (χ4n) is 1.63. The van der Waals surface area contributed by atoms with Gasteiger partial charge in [0, 0.05) is 11.6 Å². The summed E-state index contributed by atoms with van der Waals surface area (Å²) in [5, 5.41) is 6.04. The number of ether oxygens (including phenoxy) is 2. The summed E-state index contributed by atoms with van der Waals surface area (Å²) in [6, 6.07) is 5.42. The van der Waals surface area contributed by atoms with Crippen LogP contribution in [0.1, 0.15) is 27.2 Å². The first-order valence-corrected chi connectivity index (χ1v) is 6.68. The van der Waals surface area contributed by atoms with Crippen LogP contribution in [0, 0.1) is 0 Å². The zero-order chi connectivity index (χ0) is 15.2. The Labute approximate surface area is 120 Å². The van der Waals surface area contributed by atoms with Crippen molar-refractivity contribution in [3.63, 3.8) is 0 Å². The molecule has 5 nitrogen and oxygen atoms in total. The van der Waals surface area contributed by atoms with Crippen molar-refractivity contribution in [1.82, 2.24) is 5.32 Å². The van der Waals surface area contributed by atoms with Gasteiger partial charge in [-0.05, 0) is 32.4 Å². The molecule has 20 heavy (non-hydrogen) atoms. The normalized spacial score (nSPS) is 10.8. The minimum atomic E-state index is -0.192. The minimum Gasteiger partial charge on any atom is -0.497 e. The molecule has 1 aromatic carbocycles. The Balaban J connectivity index is 2.63. The van der Waals surface area contributed by atoms with Crippen LogP contribution < -0.4 is 20.1 Å². The van der Waals surface area contributed by atoms with Gasteiger partial charge in [-0.25, -0.2) is 0 Å². The fourth-order valence-corrected chi connectivity index (χ4v) is 1.63. The van der Waals surface area contributed by atoms with E-state index in [-0.39, 0.29) is 18.0 Å². The molecule has 0 aliphatic heterocycles. The van der Waals surface area contributed by atoms with Crippen LogP contribution >= 0.6 is 0 Å². The van der Waals surface area contributed by atoms with Crippen molar-refractivity contribution in [2.75, 3.05) is 26.1 Å². The van der Waals surface area contributed by atoms with Crippen LogP contribution in [0.4, 0.5) is 5.69 Å². The van der Waals surface area contributed by atoms with Crippen LogP contribution in [0.2, 0.25) is 0 Å². The van der Waals surface area contributed by atoms with Gasteiger partial charge in [-0.1, -0.05) is 6.92 Å². The summed E-state index contributed by atoms with van der Waals surface area (Å²) in [5.41, 5.74) is 0.570. The Morgan fingerprint density at radius 2 is 1.95 bits per heavy atom. The van der Waals surface area contributed by atoms with Crippen LogP contribution in [0.15, 0.2) is 18.2 Å². The van der Waals surface area contributed by atoms with Gasteiger partial charge in [0.25, 0.3) is 0 Å². The lowest BCUT2D eigenvalue weighted by atomic mass is 10.0. The van der Waals surface area contributed by atoms with E-state index in [1.54, 1.807) is 20.3 Å². The van der Waals surface area contributed by atoms with Crippen molar-refractivity contribution < 1.29 is 14.3 Å². The van der Waals surface area contributed by atoms with E-state index in [1.807, 2.05) is 32.9 Å². The summed E-state index contributed by atoms with van der Waals surface area (Å²) in [7, 11) is 3.18. The highest BCUT2D eigenvalue weighted by Crippen LogP contribution is 2.28. The van der Waals surface area contributed by atoms with Crippen LogP contribution in [-0.4, -0.2) is 32.2 Å². The van der Waals surface area contributed by atoms with Gasteiger partial charge in [0.1, 0.15) is 11.5 Å². The van der Waals surface area contributed by atoms with Crippen molar-refractivity contribution in [1.29, 1.82) is 0 Å². The van der Waals surface area contributed by atoms with Crippen molar-refractivity contribution in [3.05, 3.63) is 18.2 Å². The summed E-state index contributed by atoms with van der Waals surface area (Å²) in [6.45, 7) is 6.24. The highest BCUT2D eigenvalue weighted by Gasteiger charge is 2.17. The summed E-state index contributed by atoms with van der Waals surface area (Å²) in [5.74, 6) is 1.31. The van der Waals surface area contributed by atoms with E-state index in [4.69, 9.17) is 9.47 Å². The van der Waals surface area contributed by atoms with E-state index in [0.717, 1.165) is 12.1 Å². The van der Waals surface area contributed by atoms with Gasteiger partial charge in [0.15, 0.2) is 0 Å². The topological polar surface area (TPSA) is 59.6 Å². The van der Waals surface area contributed by atoms with Gasteiger partial charge in [-0.15, -0.1) is 0 Å². The second kappa shape index (κ2) is 7.03. The number of carbonyl (C=O) groups is 1. The second-order valence-electron chi connectivity index (χ2n) is 5.21. The lowest BCUT2D eigenvalue weighted by molar-refractivity contribution is -0.121. The van der Waals surface area contributed by atoms with Gasteiger partial charge < -0.3 is 20.1 Å². The SMILES string of the molecule is CCC(C)(C)NC(=O)CNc1ccc(OC)cc1OC. The molecule has 1 aromatic rings. The monoisotopic (exact) mass is 280 g/mol. The molecule has 0 aliphatic carbocycles. The minimum absolute atomic E-state index is 0.0466. The number of amides is 1. The van der Waals surface area contributed by atoms with E-state index < -0.39 is 0 Å². The highest BCUT2D eigenvalue weighted by atomic mass is 16.5. The molecule has 1 amide bonds. The third-order valence-electron chi connectivity index (χ3n) is 3.21. The lowest BCUT2D eigenvalue weighted by Crippen LogP contribution is -2.45. The van der Waals surface area contributed by atoms with Crippen molar-refractivity contribution >= 4 is 11.6 Å². The lowest BCUT2D eigenvalue weighted by Gasteiger charge is -2.24. The number of rotatable bonds is 7. The number of benzene rings is 1. The molecule has 0 heterocycles. The molecule has 0 saturated carbocycles. The van der Waals surface area contributed by atoms with Gasteiger partial charge in [0.2, 0.25) is 5.91 Å². The predicted molar refractivity (Wildman–Crippen MR) is 80.5 cm³/mol. The maximum Gasteiger partial charge on any atom is 0.239 e. The molecule has 0 bridgehead atoms. The molecule has 112 valence electrons. The number of anilines is 1. The van der Waals surface area contributed by atoms with E-state index in [1.165, 1.54) is 0 Å². The average Bonchev–Trinajstić information content (AvgIpc) is 2.44. The number of hydrogen-bond acceptors (Lipinski definition) is 4. The summed E-state index contributed by atoms with van der Waals surface area (Å²) in [6.07, 6.45) is 0.880. The summed E-state index contributed by atoms with van der Waals surface area (Å²) in [4.78, 5) is 11.9. The van der Waals surface area contributed by atoms with E-state index in [2.05, 4.69) is 10.6 Å². The first-order valence-electron chi connectivity index (χ1n) is 6.68. The molecule has 1 rings (SSSR count). The number of hydrogen-bond donors (Lipinski definition) is 2. The Morgan fingerprint density at radius 1 is 1.25 bits per heavy atom. The highest BCUT2D eigenvalue weighted by molar-refractivity contribution is 5.82. The molecule has 0 aliphatic rings. The van der Waals surface area contributed by atoms with E-state index >= 15 is 0 Å². The Hall–Kier alpha value is -1.91. The van der Waals surface area contributed by atoms with Gasteiger partial charge in [0.05, 0.1) is 26.5 Å². The molecule has 0 atom stereocenters. The third-order valence-corrected chi connectivity index (χ3v) is 3.21. The Kier molecular flexibility index (Phi) is 5.67. The molecular weight excluding hydrogens is 256 g/mol. The van der Waals surface area contributed by atoms with Crippen molar-refractivity contribution in [2.45, 2.75) is 32.7 Å². The summed E-state index contributed by atoms with van der Waals surface area (Å²) >= 11 is 0. The van der Waals surface area contributed by atoms with Crippen LogP contribution in [-0.2, 0) is 4.79 Å². The van der Waals surface area contributed by atoms with Gasteiger partial charge >= 0.3 is 0 Å². The smallest absolute Gasteiger partial charge is 0.239 e. The van der Waals surface area contributed by atoms with Gasteiger partial charge in [-0.2, -0.15) is 0 Å². The number of methoxy groups -OCH3 is 2. The maximum atomic E-state index is 11.9. The second-order valence-corrected chi connectivity index (χ2v) is 5.21. The largest absolute Gasteiger partial charge is 0.497 e. The molecular formula is C15H24N2O3. The molecule has 0 radical (unpaired) electrons. The molecule has 0 fully saturated rings. The fraction of sp³-hybridized carbons (Fsp3) is 0.533. The average molecular weight is 280 g/mol. The van der Waals surface area contributed by atoms with Gasteiger partial charge in [-0.3, -0.25) is 4.79 Å². The Bertz CT molecular complexity index is 458. The van der Waals surface area contributed by atoms with Crippen LogP contribution in [0.5, 0.6) is 11.5 Å². The standard InChI is InChI=1S/C15H24N2O3/c1-6-15(2,3)17-14(18)10-16-12-8-7-11(19-4)9-13(12)20-5/h7-9,16H,6,10H2,1-5H3,(H,17,18). The zero-order valence-corrected chi connectivity index (χ0v) is 12.9. The van der Waals surface area contributed by atoms with E-state index in [9.17, 15) is 4.79 Å². The van der Waals surface area contributed by atoms with Crippen molar-refractivity contribution in [2.24, 2.45) is 0 Å². The van der Waals surface area contributed by atoms with Crippen LogP contribution in [0.25, 0.3) is 0 Å². The molecule has 5 heteroatoms. The number of carbonyl (C=O) groups excluding carboxylic acids is 1. The first-order chi connectivity index (χ1) is 9.41. The van der Waals surface area contributed by atoms with Crippen LogP contribution in [0.3, 0.4) is 0 Å². The Morgan fingerprint density at radius 3 is 2.50 bits per heavy atom. The molecule has 2 N–H and O–H groups in total. The zero-order valence-electron chi connectivity index (χ0n) is 12.9. The molecule has 0 unspecified atom stereocenters. The molecule has 0 aromatic heterocycles.